The summed E-state index contributed by atoms with van der Waals surface area (Å²) in [6, 6.07) is 8.27. The number of nitro groups is 1. The molecule has 0 amide bonds. The van der Waals surface area contributed by atoms with Gasteiger partial charge in [-0.3, -0.25) is 14.4 Å². The average Bonchev–Trinajstić information content (AvgIpc) is 2.93. The summed E-state index contributed by atoms with van der Waals surface area (Å²) in [4.78, 5) is 14.5. The molecule has 1 saturated heterocycles. The Balaban J connectivity index is 1.79. The number of nitrogens with zero attached hydrogens (tertiary/aromatic N) is 3. The molecule has 2 heterocycles. The first kappa shape index (κ1) is 17.4. The molecule has 10 heteroatoms. The maximum Gasteiger partial charge on any atom is 0.312 e. The Labute approximate surface area is 149 Å². The molecule has 0 radical (unpaired) electrons. The minimum atomic E-state index is -3.25. The summed E-state index contributed by atoms with van der Waals surface area (Å²) in [6.07, 6.45) is 1.93. The number of hydrogen-bond acceptors (Lipinski definition) is 6. The molecule has 25 heavy (non-hydrogen) atoms. The molecule has 1 aliphatic heterocycles. The summed E-state index contributed by atoms with van der Waals surface area (Å²) in [6.45, 7) is 0.723. The molecule has 1 aromatic heterocycles. The third-order valence-corrected chi connectivity index (χ3v) is 5.86. The van der Waals surface area contributed by atoms with Crippen LogP contribution in [0.1, 0.15) is 12.0 Å². The fourth-order valence-corrected chi connectivity index (χ4v) is 4.35. The lowest BCUT2D eigenvalue weighted by Crippen LogP contribution is -2.25. The Morgan fingerprint density at radius 3 is 2.84 bits per heavy atom. The van der Waals surface area contributed by atoms with Crippen LogP contribution in [0.25, 0.3) is 0 Å². The van der Waals surface area contributed by atoms with Crippen molar-refractivity contribution in [3.63, 3.8) is 0 Å². The fourth-order valence-electron chi connectivity index (χ4n) is 2.64. The van der Waals surface area contributed by atoms with Crippen molar-refractivity contribution in [3.8, 4) is 0 Å². The van der Waals surface area contributed by atoms with E-state index in [2.05, 4.69) is 10.3 Å². The van der Waals surface area contributed by atoms with Crippen LogP contribution >= 0.6 is 11.6 Å². The second-order valence-electron chi connectivity index (χ2n) is 5.54. The molecule has 3 rings (SSSR count). The topological polar surface area (TPSA) is 105 Å². The summed E-state index contributed by atoms with van der Waals surface area (Å²) < 4.78 is 25.4. The molecule has 0 atom stereocenters. The van der Waals surface area contributed by atoms with E-state index in [0.717, 1.165) is 5.56 Å². The van der Waals surface area contributed by atoms with Crippen molar-refractivity contribution in [3.05, 3.63) is 57.2 Å². The molecule has 0 saturated carbocycles. The standard InChI is InChI=1S/C15H15ClN4O4S/c16-12-8-14(20(21)22)15(18-10-12)17-9-11-3-1-4-13(7-11)19-5-2-6-25(19,23)24/h1,3-4,7-8,10H,2,5-6,9H2,(H,17,18). The summed E-state index contributed by atoms with van der Waals surface area (Å²) in [7, 11) is -3.25. The van der Waals surface area contributed by atoms with Crippen molar-refractivity contribution in [2.45, 2.75) is 13.0 Å². The number of nitrogens with one attached hydrogen (secondary N) is 1. The maximum absolute atomic E-state index is 12.0. The number of pyridine rings is 1. The molecule has 2 aromatic rings. The number of aromatic nitrogens is 1. The normalized spacial score (nSPS) is 16.0. The van der Waals surface area contributed by atoms with Crippen LogP contribution in [0.15, 0.2) is 36.5 Å². The first-order valence-corrected chi connectivity index (χ1v) is 9.49. The van der Waals surface area contributed by atoms with Crippen molar-refractivity contribution >= 4 is 38.8 Å². The van der Waals surface area contributed by atoms with Crippen molar-refractivity contribution in [2.75, 3.05) is 21.9 Å². The summed E-state index contributed by atoms with van der Waals surface area (Å²) in [5, 5.41) is 14.2. The van der Waals surface area contributed by atoms with Gasteiger partial charge in [-0.15, -0.1) is 0 Å². The van der Waals surface area contributed by atoms with E-state index in [4.69, 9.17) is 11.6 Å². The second kappa shape index (κ2) is 6.85. The first-order valence-electron chi connectivity index (χ1n) is 7.50. The maximum atomic E-state index is 12.0. The molecule has 8 nitrogen and oxygen atoms in total. The van der Waals surface area contributed by atoms with Gasteiger partial charge in [-0.25, -0.2) is 13.4 Å². The van der Waals surface area contributed by atoms with E-state index in [9.17, 15) is 18.5 Å². The zero-order chi connectivity index (χ0) is 18.0. The van der Waals surface area contributed by atoms with Gasteiger partial charge in [0.05, 0.1) is 21.4 Å². The smallest absolute Gasteiger partial charge is 0.312 e. The summed E-state index contributed by atoms with van der Waals surface area (Å²) in [5.41, 5.74) is 1.16. The number of halogens is 1. The van der Waals surface area contributed by atoms with Gasteiger partial charge in [0.25, 0.3) is 0 Å². The fraction of sp³-hybridized carbons (Fsp3) is 0.267. The number of hydrogen-bond donors (Lipinski definition) is 1. The van der Waals surface area contributed by atoms with Crippen LogP contribution in [-0.4, -0.2) is 30.6 Å². The molecule has 0 aliphatic carbocycles. The number of rotatable bonds is 5. The van der Waals surface area contributed by atoms with Gasteiger partial charge in [-0.2, -0.15) is 0 Å². The monoisotopic (exact) mass is 382 g/mol. The molecule has 1 aromatic carbocycles. The zero-order valence-electron chi connectivity index (χ0n) is 13.1. The zero-order valence-corrected chi connectivity index (χ0v) is 14.6. The molecular weight excluding hydrogens is 368 g/mol. The third-order valence-electron chi connectivity index (χ3n) is 3.79. The van der Waals surface area contributed by atoms with E-state index < -0.39 is 14.9 Å². The van der Waals surface area contributed by atoms with Crippen LogP contribution in [0, 0.1) is 10.1 Å². The summed E-state index contributed by atoms with van der Waals surface area (Å²) >= 11 is 5.74. The van der Waals surface area contributed by atoms with Crippen LogP contribution in [-0.2, 0) is 16.6 Å². The average molecular weight is 383 g/mol. The highest BCUT2D eigenvalue weighted by atomic mass is 35.5. The minimum Gasteiger partial charge on any atom is -0.360 e. The highest BCUT2D eigenvalue weighted by Crippen LogP contribution is 2.27. The number of anilines is 2. The Kier molecular flexibility index (Phi) is 4.78. The summed E-state index contributed by atoms with van der Waals surface area (Å²) in [5.74, 6) is 0.254. The molecule has 132 valence electrons. The van der Waals surface area contributed by atoms with E-state index >= 15 is 0 Å². The van der Waals surface area contributed by atoms with Gasteiger partial charge in [0.1, 0.15) is 0 Å². The van der Waals surface area contributed by atoms with E-state index in [1.807, 2.05) is 0 Å². The molecular formula is C15H15ClN4O4S. The Hall–Kier alpha value is -2.39. The lowest BCUT2D eigenvalue weighted by Gasteiger charge is -2.17. The van der Waals surface area contributed by atoms with Gasteiger partial charge in [0.15, 0.2) is 0 Å². The minimum absolute atomic E-state index is 0.105. The number of benzene rings is 1. The SMILES string of the molecule is O=[N+]([O-])c1cc(Cl)cnc1NCc1cccc(N2CCCS2(=O)=O)c1. The lowest BCUT2D eigenvalue weighted by molar-refractivity contribution is -0.384. The predicted molar refractivity (Wildman–Crippen MR) is 95.4 cm³/mol. The highest BCUT2D eigenvalue weighted by Gasteiger charge is 2.28. The van der Waals surface area contributed by atoms with Gasteiger partial charge in [-0.1, -0.05) is 23.7 Å². The molecule has 1 aliphatic rings. The van der Waals surface area contributed by atoms with Gasteiger partial charge < -0.3 is 5.32 Å². The molecule has 0 bridgehead atoms. The van der Waals surface area contributed by atoms with Crippen molar-refractivity contribution in [1.82, 2.24) is 4.98 Å². The molecule has 0 unspecified atom stereocenters. The van der Waals surface area contributed by atoms with Gasteiger partial charge in [0.2, 0.25) is 15.8 Å². The van der Waals surface area contributed by atoms with Crippen LogP contribution in [0.3, 0.4) is 0 Å². The highest BCUT2D eigenvalue weighted by molar-refractivity contribution is 7.93. The number of sulfonamides is 1. The van der Waals surface area contributed by atoms with Gasteiger partial charge >= 0.3 is 5.69 Å². The third kappa shape index (κ3) is 3.83. The first-order chi connectivity index (χ1) is 11.9. The molecule has 1 fully saturated rings. The van der Waals surface area contributed by atoms with Gasteiger partial charge in [0, 0.05) is 25.4 Å². The van der Waals surface area contributed by atoms with Crippen LogP contribution < -0.4 is 9.62 Å². The predicted octanol–water partition coefficient (Wildman–Crippen LogP) is 2.80. The quantitative estimate of drug-likeness (QED) is 0.629. The second-order valence-corrected chi connectivity index (χ2v) is 7.99. The molecule has 1 N–H and O–H groups in total. The van der Waals surface area contributed by atoms with Gasteiger partial charge in [-0.05, 0) is 24.1 Å². The van der Waals surface area contributed by atoms with Crippen LogP contribution in [0.4, 0.5) is 17.2 Å². The molecule has 0 spiro atoms. The van der Waals surface area contributed by atoms with E-state index in [0.29, 0.717) is 18.7 Å². The van der Waals surface area contributed by atoms with Crippen LogP contribution in [0.2, 0.25) is 5.02 Å². The van der Waals surface area contributed by atoms with E-state index in [-0.39, 0.29) is 28.8 Å². The van der Waals surface area contributed by atoms with E-state index in [1.54, 1.807) is 24.3 Å². The van der Waals surface area contributed by atoms with Crippen molar-refractivity contribution in [1.29, 1.82) is 0 Å². The largest absolute Gasteiger partial charge is 0.360 e. The van der Waals surface area contributed by atoms with Crippen molar-refractivity contribution < 1.29 is 13.3 Å². The van der Waals surface area contributed by atoms with Crippen LogP contribution in [0.5, 0.6) is 0 Å². The lowest BCUT2D eigenvalue weighted by atomic mass is 10.2. The Bertz CT molecular complexity index is 919. The Morgan fingerprint density at radius 2 is 2.16 bits per heavy atom. The van der Waals surface area contributed by atoms with E-state index in [1.165, 1.54) is 16.6 Å². The Morgan fingerprint density at radius 1 is 1.36 bits per heavy atom. The van der Waals surface area contributed by atoms with Crippen molar-refractivity contribution in [2.24, 2.45) is 0 Å².